The zero-order chi connectivity index (χ0) is 15.1. The Balaban J connectivity index is 1.52. The minimum Gasteiger partial charge on any atom is -0.338 e. The number of likely N-dealkylation sites (tertiary alicyclic amines) is 1. The highest BCUT2D eigenvalue weighted by Gasteiger charge is 2.42. The molecule has 0 bridgehead atoms. The minimum atomic E-state index is -0.339. The standard InChI is InChI=1S/C16H19FN4O/c17-12-4-2-1-3-11(12)16-19-14(22-20-16)9-21-8-7-10-5-6-13(18)15(10)21/h1-4,10,13,15H,5-9,18H2/t10-,13+,15+/m0/s1. The molecule has 0 amide bonds. The van der Waals surface area contributed by atoms with Crippen LogP contribution in [0, 0.1) is 11.7 Å². The van der Waals surface area contributed by atoms with E-state index in [1.807, 2.05) is 0 Å². The van der Waals surface area contributed by atoms with Crippen molar-refractivity contribution in [2.45, 2.75) is 37.9 Å². The summed E-state index contributed by atoms with van der Waals surface area (Å²) >= 11 is 0. The van der Waals surface area contributed by atoms with E-state index in [0.29, 0.717) is 35.8 Å². The zero-order valence-electron chi connectivity index (χ0n) is 12.3. The molecule has 22 heavy (non-hydrogen) atoms. The summed E-state index contributed by atoms with van der Waals surface area (Å²) in [6.45, 7) is 1.61. The fraction of sp³-hybridized carbons (Fsp3) is 0.500. The van der Waals surface area contributed by atoms with Crippen LogP contribution in [0.1, 0.15) is 25.2 Å². The summed E-state index contributed by atoms with van der Waals surface area (Å²) in [4.78, 5) is 6.68. The number of hydrogen-bond donors (Lipinski definition) is 1. The largest absolute Gasteiger partial charge is 0.338 e. The second kappa shape index (κ2) is 5.44. The molecule has 0 unspecified atom stereocenters. The Morgan fingerprint density at radius 2 is 2.14 bits per heavy atom. The van der Waals surface area contributed by atoms with E-state index < -0.39 is 0 Å². The summed E-state index contributed by atoms with van der Waals surface area (Å²) in [5, 5.41) is 3.91. The van der Waals surface area contributed by atoms with Gasteiger partial charge in [-0.05, 0) is 43.9 Å². The molecule has 1 aliphatic heterocycles. The lowest BCUT2D eigenvalue weighted by Gasteiger charge is -2.25. The molecule has 6 heteroatoms. The second-order valence-corrected chi connectivity index (χ2v) is 6.24. The van der Waals surface area contributed by atoms with Crippen LogP contribution in [-0.4, -0.2) is 33.7 Å². The quantitative estimate of drug-likeness (QED) is 0.941. The molecular weight excluding hydrogens is 283 g/mol. The Bertz CT molecular complexity index is 674. The number of halogens is 1. The number of hydrogen-bond acceptors (Lipinski definition) is 5. The van der Waals surface area contributed by atoms with E-state index in [-0.39, 0.29) is 11.9 Å². The van der Waals surface area contributed by atoms with E-state index in [2.05, 4.69) is 15.0 Å². The van der Waals surface area contributed by atoms with Gasteiger partial charge in [0.1, 0.15) is 5.82 Å². The number of rotatable bonds is 3. The molecule has 1 aliphatic carbocycles. The van der Waals surface area contributed by atoms with Crippen LogP contribution in [0.25, 0.3) is 11.4 Å². The number of nitrogens with zero attached hydrogens (tertiary/aromatic N) is 3. The van der Waals surface area contributed by atoms with Crippen LogP contribution >= 0.6 is 0 Å². The highest BCUT2D eigenvalue weighted by Crippen LogP contribution is 2.37. The van der Waals surface area contributed by atoms with Gasteiger partial charge in [0, 0.05) is 12.1 Å². The minimum absolute atomic E-state index is 0.237. The average Bonchev–Trinajstić information content (AvgIpc) is 3.20. The third-order valence-electron chi connectivity index (χ3n) is 4.92. The van der Waals surface area contributed by atoms with Gasteiger partial charge in [-0.25, -0.2) is 4.39 Å². The van der Waals surface area contributed by atoms with Crippen molar-refractivity contribution >= 4 is 0 Å². The van der Waals surface area contributed by atoms with Gasteiger partial charge in [0.05, 0.1) is 12.1 Å². The number of benzene rings is 1. The van der Waals surface area contributed by atoms with Gasteiger partial charge in [0.25, 0.3) is 0 Å². The predicted molar refractivity (Wildman–Crippen MR) is 79.2 cm³/mol. The molecule has 4 rings (SSSR count). The summed E-state index contributed by atoms with van der Waals surface area (Å²) in [5.74, 6) is 1.19. The first-order valence-electron chi connectivity index (χ1n) is 7.79. The fourth-order valence-corrected chi connectivity index (χ4v) is 3.89. The van der Waals surface area contributed by atoms with Crippen molar-refractivity contribution < 1.29 is 8.91 Å². The lowest BCUT2D eigenvalue weighted by Crippen LogP contribution is -2.42. The molecule has 3 atom stereocenters. The maximum atomic E-state index is 13.8. The molecule has 0 radical (unpaired) electrons. The molecule has 2 aromatic rings. The smallest absolute Gasteiger partial charge is 0.241 e. The molecule has 5 nitrogen and oxygen atoms in total. The third-order valence-corrected chi connectivity index (χ3v) is 4.92. The molecule has 2 aliphatic rings. The first-order chi connectivity index (χ1) is 10.7. The Morgan fingerprint density at radius 1 is 1.27 bits per heavy atom. The maximum Gasteiger partial charge on any atom is 0.241 e. The van der Waals surface area contributed by atoms with Crippen molar-refractivity contribution in [1.29, 1.82) is 0 Å². The third kappa shape index (κ3) is 2.32. The first kappa shape index (κ1) is 13.8. The van der Waals surface area contributed by atoms with Gasteiger partial charge < -0.3 is 10.3 Å². The van der Waals surface area contributed by atoms with Crippen molar-refractivity contribution in [3.05, 3.63) is 36.0 Å². The van der Waals surface area contributed by atoms with E-state index in [9.17, 15) is 4.39 Å². The maximum absolute atomic E-state index is 13.8. The van der Waals surface area contributed by atoms with Crippen LogP contribution in [0.15, 0.2) is 28.8 Å². The van der Waals surface area contributed by atoms with Crippen LogP contribution < -0.4 is 5.73 Å². The van der Waals surface area contributed by atoms with Crippen LogP contribution in [-0.2, 0) is 6.54 Å². The average molecular weight is 302 g/mol. The molecule has 2 heterocycles. The van der Waals surface area contributed by atoms with E-state index in [1.54, 1.807) is 18.2 Å². The molecule has 1 aromatic carbocycles. The van der Waals surface area contributed by atoms with E-state index in [1.165, 1.54) is 18.9 Å². The lowest BCUT2D eigenvalue weighted by molar-refractivity contribution is 0.189. The molecule has 2 fully saturated rings. The zero-order valence-corrected chi connectivity index (χ0v) is 12.3. The van der Waals surface area contributed by atoms with Gasteiger partial charge >= 0.3 is 0 Å². The van der Waals surface area contributed by atoms with Crippen molar-refractivity contribution in [1.82, 2.24) is 15.0 Å². The second-order valence-electron chi connectivity index (χ2n) is 6.24. The van der Waals surface area contributed by atoms with Crippen LogP contribution in [0.5, 0.6) is 0 Å². The summed E-state index contributed by atoms with van der Waals surface area (Å²) < 4.78 is 19.1. The van der Waals surface area contributed by atoms with Crippen LogP contribution in [0.3, 0.4) is 0 Å². The molecular formula is C16H19FN4O. The van der Waals surface area contributed by atoms with Crippen molar-refractivity contribution in [3.8, 4) is 11.4 Å². The molecule has 116 valence electrons. The van der Waals surface area contributed by atoms with Crippen molar-refractivity contribution in [2.75, 3.05) is 6.54 Å². The molecule has 1 aromatic heterocycles. The predicted octanol–water partition coefficient (Wildman–Crippen LogP) is 2.19. The number of nitrogens with two attached hydrogens (primary N) is 1. The summed E-state index contributed by atoms with van der Waals surface area (Å²) in [6, 6.07) is 7.12. The summed E-state index contributed by atoms with van der Waals surface area (Å²) in [7, 11) is 0. The Morgan fingerprint density at radius 3 is 3.00 bits per heavy atom. The van der Waals surface area contributed by atoms with Crippen molar-refractivity contribution in [3.63, 3.8) is 0 Å². The van der Waals surface area contributed by atoms with E-state index in [4.69, 9.17) is 10.3 Å². The lowest BCUT2D eigenvalue weighted by atomic mass is 10.0. The Kier molecular flexibility index (Phi) is 3.43. The first-order valence-corrected chi connectivity index (χ1v) is 7.79. The van der Waals surface area contributed by atoms with Gasteiger partial charge in [-0.15, -0.1) is 0 Å². The van der Waals surface area contributed by atoms with Gasteiger partial charge in [0.15, 0.2) is 0 Å². The van der Waals surface area contributed by atoms with Gasteiger partial charge in [-0.3, -0.25) is 4.90 Å². The van der Waals surface area contributed by atoms with Crippen LogP contribution in [0.2, 0.25) is 0 Å². The number of fused-ring (bicyclic) bond motifs is 1. The molecule has 1 saturated heterocycles. The SMILES string of the molecule is N[C@@H]1CC[C@H]2CCN(Cc3nc(-c4ccccc4F)no3)[C@H]21. The van der Waals surface area contributed by atoms with E-state index >= 15 is 0 Å². The van der Waals surface area contributed by atoms with Crippen molar-refractivity contribution in [2.24, 2.45) is 11.7 Å². The fourth-order valence-electron chi connectivity index (χ4n) is 3.89. The summed E-state index contributed by atoms with van der Waals surface area (Å²) in [5.41, 5.74) is 6.59. The van der Waals surface area contributed by atoms with Gasteiger partial charge in [-0.1, -0.05) is 17.3 Å². The monoisotopic (exact) mass is 302 g/mol. The Labute approximate surface area is 128 Å². The molecule has 0 spiro atoms. The molecule has 2 N–H and O–H groups in total. The number of aromatic nitrogens is 2. The van der Waals surface area contributed by atoms with Gasteiger partial charge in [0.2, 0.25) is 11.7 Å². The topological polar surface area (TPSA) is 68.2 Å². The van der Waals surface area contributed by atoms with E-state index in [0.717, 1.165) is 13.0 Å². The summed E-state index contributed by atoms with van der Waals surface area (Å²) in [6.07, 6.45) is 3.50. The van der Waals surface area contributed by atoms with Crippen LogP contribution in [0.4, 0.5) is 4.39 Å². The normalized spacial score (nSPS) is 28.2. The molecule has 1 saturated carbocycles. The Hall–Kier alpha value is -1.79. The van der Waals surface area contributed by atoms with Gasteiger partial charge in [-0.2, -0.15) is 4.98 Å². The highest BCUT2D eigenvalue weighted by molar-refractivity contribution is 5.54. The highest BCUT2D eigenvalue weighted by atomic mass is 19.1.